The van der Waals surface area contributed by atoms with Gasteiger partial charge in [-0.1, -0.05) is 13.3 Å². The van der Waals surface area contributed by atoms with Crippen molar-refractivity contribution < 1.29 is 9.59 Å². The lowest BCUT2D eigenvalue weighted by Crippen LogP contribution is -2.37. The van der Waals surface area contributed by atoms with Crippen LogP contribution in [0.1, 0.15) is 52.0 Å². The van der Waals surface area contributed by atoms with Gasteiger partial charge in [0.15, 0.2) is 5.69 Å². The molecule has 0 radical (unpaired) electrons. The van der Waals surface area contributed by atoms with Gasteiger partial charge in [-0.2, -0.15) is 5.10 Å². The van der Waals surface area contributed by atoms with E-state index in [0.29, 0.717) is 37.4 Å². The van der Waals surface area contributed by atoms with Crippen molar-refractivity contribution in [2.24, 2.45) is 7.05 Å². The second kappa shape index (κ2) is 6.90. The number of rotatable bonds is 5. The number of aryl methyl sites for hydroxylation is 1. The van der Waals surface area contributed by atoms with Crippen LogP contribution in [-0.4, -0.2) is 44.6 Å². The molecule has 0 unspecified atom stereocenters. The van der Waals surface area contributed by atoms with Gasteiger partial charge in [0.25, 0.3) is 11.8 Å². The molecule has 3 heterocycles. The molecule has 2 aromatic rings. The van der Waals surface area contributed by atoms with Crippen molar-refractivity contribution in [3.8, 4) is 0 Å². The average molecular weight is 329 g/mol. The van der Waals surface area contributed by atoms with Gasteiger partial charge in [0.1, 0.15) is 5.69 Å². The summed E-state index contributed by atoms with van der Waals surface area (Å²) in [7, 11) is 1.85. The van der Waals surface area contributed by atoms with Gasteiger partial charge in [-0.3, -0.25) is 14.7 Å². The van der Waals surface area contributed by atoms with Gasteiger partial charge in [0, 0.05) is 44.0 Å². The number of nitrogens with zero attached hydrogens (tertiary/aromatic N) is 3. The maximum Gasteiger partial charge on any atom is 0.272 e. The standard InChI is InChI=1S/C17H23N5O2/c1-3-4-8-18-16(23)15-12-11-22(10-7-13(12)19-20-15)17(24)14-6-5-9-21(14)2/h5-6,9H,3-4,7-8,10-11H2,1-2H3,(H,18,23)(H,19,20). The molecule has 2 N–H and O–H groups in total. The van der Waals surface area contributed by atoms with Crippen LogP contribution in [0.4, 0.5) is 0 Å². The number of carbonyl (C=O) groups excluding carboxylic acids is 2. The number of carbonyl (C=O) groups is 2. The van der Waals surface area contributed by atoms with Crippen molar-refractivity contribution in [1.29, 1.82) is 0 Å². The molecule has 24 heavy (non-hydrogen) atoms. The topological polar surface area (TPSA) is 83.0 Å². The number of nitrogens with one attached hydrogen (secondary N) is 2. The van der Waals surface area contributed by atoms with Crippen molar-refractivity contribution in [3.63, 3.8) is 0 Å². The molecule has 0 aromatic carbocycles. The fourth-order valence-electron chi connectivity index (χ4n) is 2.96. The number of H-pyrrole nitrogens is 1. The van der Waals surface area contributed by atoms with Crippen molar-refractivity contribution >= 4 is 11.8 Å². The largest absolute Gasteiger partial charge is 0.351 e. The quantitative estimate of drug-likeness (QED) is 0.815. The molecule has 2 amide bonds. The Bertz CT molecular complexity index is 746. The Morgan fingerprint density at radius 2 is 2.25 bits per heavy atom. The minimum atomic E-state index is -0.172. The molecular formula is C17H23N5O2. The van der Waals surface area contributed by atoms with Crippen LogP contribution in [0, 0.1) is 0 Å². The lowest BCUT2D eigenvalue weighted by Gasteiger charge is -2.27. The van der Waals surface area contributed by atoms with Crippen LogP contribution in [0.3, 0.4) is 0 Å². The first kappa shape index (κ1) is 16.3. The molecule has 0 saturated heterocycles. The Labute approximate surface area is 141 Å². The molecule has 0 fully saturated rings. The monoisotopic (exact) mass is 329 g/mol. The van der Waals surface area contributed by atoms with E-state index in [2.05, 4.69) is 22.4 Å². The molecule has 0 aliphatic carbocycles. The highest BCUT2D eigenvalue weighted by Gasteiger charge is 2.28. The zero-order valence-electron chi connectivity index (χ0n) is 14.1. The van der Waals surface area contributed by atoms with Gasteiger partial charge < -0.3 is 14.8 Å². The third-order valence-corrected chi connectivity index (χ3v) is 4.41. The predicted molar refractivity (Wildman–Crippen MR) is 89.7 cm³/mol. The maximum absolute atomic E-state index is 12.7. The smallest absolute Gasteiger partial charge is 0.272 e. The first-order valence-electron chi connectivity index (χ1n) is 8.36. The average Bonchev–Trinajstić information content (AvgIpc) is 3.19. The lowest BCUT2D eigenvalue weighted by molar-refractivity contribution is 0.0721. The molecule has 0 saturated carbocycles. The van der Waals surface area contributed by atoms with Crippen LogP contribution in [0.25, 0.3) is 0 Å². The van der Waals surface area contributed by atoms with Crippen molar-refractivity contribution in [2.45, 2.75) is 32.7 Å². The van der Waals surface area contributed by atoms with E-state index in [-0.39, 0.29) is 11.8 Å². The van der Waals surface area contributed by atoms with Gasteiger partial charge in [0.05, 0.1) is 6.54 Å². The molecular weight excluding hydrogens is 306 g/mol. The number of aromatic nitrogens is 3. The van der Waals surface area contributed by atoms with Crippen LogP contribution in [0.5, 0.6) is 0 Å². The number of hydrogen-bond donors (Lipinski definition) is 2. The van der Waals surface area contributed by atoms with Crippen molar-refractivity contribution in [1.82, 2.24) is 25.0 Å². The van der Waals surface area contributed by atoms with Crippen LogP contribution in [0.15, 0.2) is 18.3 Å². The van der Waals surface area contributed by atoms with Crippen molar-refractivity contribution in [3.05, 3.63) is 41.0 Å². The molecule has 0 atom stereocenters. The van der Waals surface area contributed by atoms with Gasteiger partial charge >= 0.3 is 0 Å². The number of unbranched alkanes of at least 4 members (excludes halogenated alkanes) is 1. The van der Waals surface area contributed by atoms with Gasteiger partial charge in [-0.05, 0) is 18.6 Å². The first-order chi connectivity index (χ1) is 11.6. The predicted octanol–water partition coefficient (Wildman–Crippen LogP) is 1.48. The molecule has 1 aliphatic rings. The summed E-state index contributed by atoms with van der Waals surface area (Å²) in [4.78, 5) is 26.8. The molecule has 2 aromatic heterocycles. The van der Waals surface area contributed by atoms with Crippen LogP contribution >= 0.6 is 0 Å². The van der Waals surface area contributed by atoms with E-state index < -0.39 is 0 Å². The fraction of sp³-hybridized carbons (Fsp3) is 0.471. The van der Waals surface area contributed by atoms with E-state index >= 15 is 0 Å². The highest BCUT2D eigenvalue weighted by molar-refractivity contribution is 5.95. The summed E-state index contributed by atoms with van der Waals surface area (Å²) in [6.45, 7) is 3.75. The van der Waals surface area contributed by atoms with Crippen LogP contribution in [-0.2, 0) is 20.0 Å². The maximum atomic E-state index is 12.7. The normalized spacial score (nSPS) is 13.7. The van der Waals surface area contributed by atoms with E-state index in [9.17, 15) is 9.59 Å². The van der Waals surface area contributed by atoms with Gasteiger partial charge in [-0.25, -0.2) is 0 Å². The second-order valence-corrected chi connectivity index (χ2v) is 6.12. The van der Waals surface area contributed by atoms with Crippen molar-refractivity contribution in [2.75, 3.05) is 13.1 Å². The Balaban J connectivity index is 1.75. The number of amides is 2. The van der Waals surface area contributed by atoms with E-state index in [4.69, 9.17) is 0 Å². The summed E-state index contributed by atoms with van der Waals surface area (Å²) >= 11 is 0. The number of fused-ring (bicyclic) bond motifs is 1. The highest BCUT2D eigenvalue weighted by Crippen LogP contribution is 2.22. The second-order valence-electron chi connectivity index (χ2n) is 6.12. The minimum Gasteiger partial charge on any atom is -0.351 e. The number of hydrogen-bond acceptors (Lipinski definition) is 3. The van der Waals surface area contributed by atoms with E-state index in [0.717, 1.165) is 24.1 Å². The van der Waals surface area contributed by atoms with E-state index in [1.165, 1.54) is 0 Å². The molecule has 0 bridgehead atoms. The zero-order chi connectivity index (χ0) is 17.1. The fourth-order valence-corrected chi connectivity index (χ4v) is 2.96. The van der Waals surface area contributed by atoms with E-state index in [1.54, 1.807) is 4.90 Å². The van der Waals surface area contributed by atoms with Gasteiger partial charge in [0.2, 0.25) is 0 Å². The third-order valence-electron chi connectivity index (χ3n) is 4.41. The molecule has 3 rings (SSSR count). The number of aromatic amines is 1. The summed E-state index contributed by atoms with van der Waals surface area (Å²) in [5, 5.41) is 10.0. The Morgan fingerprint density at radius 3 is 2.96 bits per heavy atom. The Morgan fingerprint density at radius 1 is 1.42 bits per heavy atom. The minimum absolute atomic E-state index is 0.0216. The third kappa shape index (κ3) is 3.06. The highest BCUT2D eigenvalue weighted by atomic mass is 16.2. The summed E-state index contributed by atoms with van der Waals surface area (Å²) in [5.41, 5.74) is 2.84. The summed E-state index contributed by atoms with van der Waals surface area (Å²) in [5.74, 6) is -0.194. The van der Waals surface area contributed by atoms with E-state index in [1.807, 2.05) is 29.9 Å². The zero-order valence-corrected chi connectivity index (χ0v) is 14.1. The SMILES string of the molecule is CCCCNC(=O)c1n[nH]c2c1CN(C(=O)c1cccn1C)CC2. The Kier molecular flexibility index (Phi) is 4.69. The first-order valence-corrected chi connectivity index (χ1v) is 8.36. The molecule has 7 heteroatoms. The van der Waals surface area contributed by atoms with Crippen LogP contribution in [0.2, 0.25) is 0 Å². The molecule has 0 spiro atoms. The molecule has 1 aliphatic heterocycles. The summed E-state index contributed by atoms with van der Waals surface area (Å²) < 4.78 is 1.81. The Hall–Kier alpha value is -2.57. The summed E-state index contributed by atoms with van der Waals surface area (Å²) in [6.07, 6.45) is 4.50. The summed E-state index contributed by atoms with van der Waals surface area (Å²) in [6, 6.07) is 3.67. The lowest BCUT2D eigenvalue weighted by atomic mass is 10.0. The molecule has 128 valence electrons. The van der Waals surface area contributed by atoms with Gasteiger partial charge in [-0.15, -0.1) is 0 Å². The molecule has 7 nitrogen and oxygen atoms in total. The van der Waals surface area contributed by atoms with Crippen LogP contribution < -0.4 is 5.32 Å².